The predicted molar refractivity (Wildman–Crippen MR) is 64.8 cm³/mol. The van der Waals surface area contributed by atoms with Gasteiger partial charge < -0.3 is 4.74 Å². The van der Waals surface area contributed by atoms with Crippen LogP contribution in [0.4, 0.5) is 0 Å². The first-order valence-corrected chi connectivity index (χ1v) is 6.22. The topological polar surface area (TPSA) is 43.4 Å². The fraction of sp³-hybridized carbons (Fsp3) is 0.818. The molecule has 0 rings (SSSR count). The zero-order valence-corrected chi connectivity index (χ0v) is 11.2. The third kappa shape index (κ3) is 5.17. The van der Waals surface area contributed by atoms with E-state index in [1.165, 1.54) is 0 Å². The number of alkyl halides is 2. The molecular formula is C11H18Cl2O3. The average molecular weight is 269 g/mol. The molecule has 0 aromatic heterocycles. The van der Waals surface area contributed by atoms with E-state index in [2.05, 4.69) is 11.7 Å². The highest BCUT2D eigenvalue weighted by Gasteiger charge is 2.42. The molecule has 0 bridgehead atoms. The Kier molecular flexibility index (Phi) is 7.77. The Balaban J connectivity index is 3.92. The number of halogens is 2. The summed E-state index contributed by atoms with van der Waals surface area (Å²) >= 11 is 11.2. The van der Waals surface area contributed by atoms with Crippen LogP contribution in [0.2, 0.25) is 0 Å². The highest BCUT2D eigenvalue weighted by molar-refractivity contribution is 6.67. The monoisotopic (exact) mass is 268 g/mol. The maximum Gasteiger partial charge on any atom is 0.350 e. The van der Waals surface area contributed by atoms with E-state index in [4.69, 9.17) is 23.2 Å². The molecule has 0 fully saturated rings. The average Bonchev–Trinajstić information content (AvgIpc) is 2.27. The number of hydrogen-bond acceptors (Lipinski definition) is 3. The number of ketones is 1. The van der Waals surface area contributed by atoms with Crippen LogP contribution in [0.25, 0.3) is 0 Å². The molecule has 0 radical (unpaired) electrons. The van der Waals surface area contributed by atoms with E-state index < -0.39 is 16.1 Å². The number of rotatable bonds is 8. The minimum atomic E-state index is -2.04. The second kappa shape index (κ2) is 7.91. The van der Waals surface area contributed by atoms with Crippen molar-refractivity contribution in [3.8, 4) is 0 Å². The number of methoxy groups -OCH3 is 1. The molecule has 5 heteroatoms. The number of hydrogen-bond donors (Lipinski definition) is 0. The Morgan fingerprint density at radius 2 is 1.69 bits per heavy atom. The van der Waals surface area contributed by atoms with Gasteiger partial charge in [-0.15, -0.1) is 0 Å². The van der Waals surface area contributed by atoms with Crippen LogP contribution in [0.3, 0.4) is 0 Å². The van der Waals surface area contributed by atoms with Crippen molar-refractivity contribution in [2.75, 3.05) is 7.11 Å². The number of Topliss-reactive ketones (excluding diaryl/α,β-unsaturated/α-hetero) is 1. The Morgan fingerprint density at radius 3 is 2.19 bits per heavy atom. The van der Waals surface area contributed by atoms with Crippen LogP contribution in [0, 0.1) is 0 Å². The third-order valence-corrected chi connectivity index (χ3v) is 3.03. The van der Waals surface area contributed by atoms with Gasteiger partial charge in [0.25, 0.3) is 4.33 Å². The molecule has 0 saturated heterocycles. The van der Waals surface area contributed by atoms with Crippen LogP contribution < -0.4 is 0 Å². The summed E-state index contributed by atoms with van der Waals surface area (Å²) < 4.78 is 2.32. The summed E-state index contributed by atoms with van der Waals surface area (Å²) in [6.07, 6.45) is 5.25. The second-order valence-corrected chi connectivity index (χ2v) is 4.98. The summed E-state index contributed by atoms with van der Waals surface area (Å²) in [6.45, 7) is 2.12. The quantitative estimate of drug-likeness (QED) is 0.294. The Bertz CT molecular complexity index is 239. The van der Waals surface area contributed by atoms with Gasteiger partial charge in [0.15, 0.2) is 5.78 Å². The molecule has 0 aromatic rings. The molecule has 0 spiro atoms. The van der Waals surface area contributed by atoms with Gasteiger partial charge in [0.2, 0.25) is 0 Å². The zero-order valence-electron chi connectivity index (χ0n) is 9.72. The lowest BCUT2D eigenvalue weighted by Crippen LogP contribution is -2.36. The van der Waals surface area contributed by atoms with Gasteiger partial charge in [-0.05, 0) is 6.42 Å². The van der Waals surface area contributed by atoms with Crippen LogP contribution in [-0.4, -0.2) is 23.2 Å². The number of ether oxygens (including phenoxy) is 1. The fourth-order valence-corrected chi connectivity index (χ4v) is 1.63. The zero-order chi connectivity index (χ0) is 12.6. The molecule has 3 nitrogen and oxygen atoms in total. The summed E-state index contributed by atoms with van der Waals surface area (Å²) in [6, 6.07) is 0. The molecule has 0 aromatic carbocycles. The molecule has 0 heterocycles. The standard InChI is InChI=1S/C11H18Cl2O3/c1-3-4-5-6-7-8-9(14)11(12,13)10(15)16-2/h3-8H2,1-2H3. The van der Waals surface area contributed by atoms with Crippen molar-refractivity contribution < 1.29 is 14.3 Å². The van der Waals surface area contributed by atoms with E-state index in [1.807, 2.05) is 0 Å². The molecule has 0 aliphatic rings. The van der Waals surface area contributed by atoms with Gasteiger partial charge in [-0.25, -0.2) is 4.79 Å². The van der Waals surface area contributed by atoms with Gasteiger partial charge in [-0.3, -0.25) is 4.79 Å². The molecule has 0 unspecified atom stereocenters. The first-order valence-electron chi connectivity index (χ1n) is 5.46. The van der Waals surface area contributed by atoms with E-state index in [1.54, 1.807) is 0 Å². The van der Waals surface area contributed by atoms with Gasteiger partial charge >= 0.3 is 5.97 Å². The molecule has 0 atom stereocenters. The summed E-state index contributed by atoms with van der Waals surface area (Å²) in [4.78, 5) is 22.6. The lowest BCUT2D eigenvalue weighted by atomic mass is 10.1. The van der Waals surface area contributed by atoms with E-state index in [0.29, 0.717) is 6.42 Å². The van der Waals surface area contributed by atoms with Crippen LogP contribution in [0.5, 0.6) is 0 Å². The smallest absolute Gasteiger partial charge is 0.350 e. The van der Waals surface area contributed by atoms with Gasteiger partial charge in [0.1, 0.15) is 0 Å². The van der Waals surface area contributed by atoms with E-state index in [9.17, 15) is 9.59 Å². The Hall–Kier alpha value is -0.280. The molecule has 0 saturated carbocycles. The molecule has 0 N–H and O–H groups in total. The van der Waals surface area contributed by atoms with Gasteiger partial charge in [0, 0.05) is 6.42 Å². The summed E-state index contributed by atoms with van der Waals surface area (Å²) in [5.41, 5.74) is 0. The summed E-state index contributed by atoms with van der Waals surface area (Å²) in [7, 11) is 1.15. The van der Waals surface area contributed by atoms with Crippen molar-refractivity contribution >= 4 is 35.0 Å². The maximum absolute atomic E-state index is 11.5. The predicted octanol–water partition coefficient (Wildman–Crippen LogP) is 3.26. The molecule has 94 valence electrons. The largest absolute Gasteiger partial charge is 0.466 e. The van der Waals surface area contributed by atoms with Crippen LogP contribution >= 0.6 is 23.2 Å². The Morgan fingerprint density at radius 1 is 1.12 bits per heavy atom. The lowest BCUT2D eigenvalue weighted by molar-refractivity contribution is -0.144. The van der Waals surface area contributed by atoms with E-state index in [-0.39, 0.29) is 6.42 Å². The number of esters is 1. The maximum atomic E-state index is 11.5. The SMILES string of the molecule is CCCCCCCC(=O)C(Cl)(Cl)C(=O)OC. The van der Waals surface area contributed by atoms with Crippen molar-refractivity contribution in [3.63, 3.8) is 0 Å². The van der Waals surface area contributed by atoms with Crippen LogP contribution in [0.1, 0.15) is 45.4 Å². The highest BCUT2D eigenvalue weighted by Crippen LogP contribution is 2.26. The molecule has 0 aliphatic heterocycles. The summed E-state index contributed by atoms with van der Waals surface area (Å²) in [5, 5.41) is 0. The Labute approximate surface area is 106 Å². The first-order chi connectivity index (χ1) is 7.46. The first kappa shape index (κ1) is 15.7. The van der Waals surface area contributed by atoms with Crippen LogP contribution in [-0.2, 0) is 14.3 Å². The molecule has 0 aliphatic carbocycles. The minimum absolute atomic E-state index is 0.214. The normalized spacial score (nSPS) is 11.2. The minimum Gasteiger partial charge on any atom is -0.466 e. The number of unbranched alkanes of at least 4 members (excludes halogenated alkanes) is 4. The van der Waals surface area contributed by atoms with Gasteiger partial charge in [-0.1, -0.05) is 55.8 Å². The lowest BCUT2D eigenvalue weighted by Gasteiger charge is -2.14. The van der Waals surface area contributed by atoms with Crippen molar-refractivity contribution in [2.24, 2.45) is 0 Å². The van der Waals surface area contributed by atoms with Crippen molar-refractivity contribution in [1.82, 2.24) is 0 Å². The van der Waals surface area contributed by atoms with Gasteiger partial charge in [-0.2, -0.15) is 0 Å². The third-order valence-electron chi connectivity index (χ3n) is 2.30. The van der Waals surface area contributed by atoms with E-state index >= 15 is 0 Å². The van der Waals surface area contributed by atoms with Gasteiger partial charge in [0.05, 0.1) is 7.11 Å². The molecule has 0 amide bonds. The summed E-state index contributed by atoms with van der Waals surface area (Å²) in [5.74, 6) is -1.39. The number of carbonyl (C=O) groups is 2. The highest BCUT2D eigenvalue weighted by atomic mass is 35.5. The number of carbonyl (C=O) groups excluding carboxylic acids is 2. The molecular weight excluding hydrogens is 251 g/mol. The molecule has 16 heavy (non-hydrogen) atoms. The fourth-order valence-electron chi connectivity index (χ4n) is 1.29. The van der Waals surface area contributed by atoms with Crippen molar-refractivity contribution in [2.45, 2.75) is 49.8 Å². The second-order valence-electron chi connectivity index (χ2n) is 3.65. The van der Waals surface area contributed by atoms with Crippen LogP contribution in [0.15, 0.2) is 0 Å². The van der Waals surface area contributed by atoms with Crippen molar-refractivity contribution in [3.05, 3.63) is 0 Å². The van der Waals surface area contributed by atoms with Crippen molar-refractivity contribution in [1.29, 1.82) is 0 Å². The van der Waals surface area contributed by atoms with E-state index in [0.717, 1.165) is 32.8 Å².